The number of phenolic OH excluding ortho intramolecular Hbond substituents is 1. The molecule has 0 aliphatic carbocycles. The third-order valence-electron chi connectivity index (χ3n) is 3.55. The van der Waals surface area contributed by atoms with Gasteiger partial charge in [-0.2, -0.15) is 0 Å². The minimum atomic E-state index is -0.301. The van der Waals surface area contributed by atoms with Gasteiger partial charge in [-0.05, 0) is 39.7 Å². The largest absolute Gasteiger partial charge is 0.508 e. The molecule has 1 atom stereocenters. The number of benzene rings is 2. The maximum Gasteiger partial charge on any atom is 0.312 e. The minimum Gasteiger partial charge on any atom is -0.508 e. The molecule has 2 aromatic rings. The van der Waals surface area contributed by atoms with Gasteiger partial charge < -0.3 is 14.6 Å². The SMILES string of the molecule is COc1ccc(C2CC(=O)Oc3cc(O)ccc32)cc1Br. The van der Waals surface area contributed by atoms with Crippen molar-refractivity contribution in [3.8, 4) is 17.2 Å². The average Bonchev–Trinajstić information content (AvgIpc) is 2.45. The Balaban J connectivity index is 2.07. The van der Waals surface area contributed by atoms with Gasteiger partial charge in [-0.1, -0.05) is 12.1 Å². The highest BCUT2D eigenvalue weighted by molar-refractivity contribution is 9.10. The average molecular weight is 349 g/mol. The van der Waals surface area contributed by atoms with Crippen LogP contribution in [0, 0.1) is 0 Å². The van der Waals surface area contributed by atoms with E-state index in [1.165, 1.54) is 6.07 Å². The molecular formula is C16H13BrO4. The molecule has 0 aromatic heterocycles. The summed E-state index contributed by atoms with van der Waals surface area (Å²) in [4.78, 5) is 11.8. The lowest BCUT2D eigenvalue weighted by molar-refractivity contribution is -0.135. The Hall–Kier alpha value is -2.01. The van der Waals surface area contributed by atoms with E-state index < -0.39 is 0 Å². The Labute approximate surface area is 130 Å². The van der Waals surface area contributed by atoms with Crippen molar-refractivity contribution in [2.75, 3.05) is 7.11 Å². The van der Waals surface area contributed by atoms with Crippen molar-refractivity contribution in [1.82, 2.24) is 0 Å². The molecule has 21 heavy (non-hydrogen) atoms. The highest BCUT2D eigenvalue weighted by Crippen LogP contribution is 2.41. The van der Waals surface area contributed by atoms with Gasteiger partial charge in [0.1, 0.15) is 17.2 Å². The van der Waals surface area contributed by atoms with Crippen LogP contribution in [-0.4, -0.2) is 18.2 Å². The predicted octanol–water partition coefficient (Wildman–Crippen LogP) is 3.60. The Bertz CT molecular complexity index is 711. The number of halogens is 1. The molecule has 0 saturated carbocycles. The zero-order valence-corrected chi connectivity index (χ0v) is 12.9. The van der Waals surface area contributed by atoms with Gasteiger partial charge in [0.25, 0.3) is 0 Å². The molecule has 0 saturated heterocycles. The van der Waals surface area contributed by atoms with Crippen LogP contribution in [-0.2, 0) is 4.79 Å². The fourth-order valence-electron chi connectivity index (χ4n) is 2.54. The quantitative estimate of drug-likeness (QED) is 0.665. The van der Waals surface area contributed by atoms with Crippen LogP contribution < -0.4 is 9.47 Å². The Morgan fingerprint density at radius 3 is 2.81 bits per heavy atom. The molecule has 1 aliphatic heterocycles. The van der Waals surface area contributed by atoms with Crippen molar-refractivity contribution < 1.29 is 19.4 Å². The number of esters is 1. The molecule has 0 bridgehead atoms. The molecule has 108 valence electrons. The van der Waals surface area contributed by atoms with Gasteiger partial charge in [-0.3, -0.25) is 4.79 Å². The van der Waals surface area contributed by atoms with Crippen molar-refractivity contribution in [2.24, 2.45) is 0 Å². The second-order valence-electron chi connectivity index (χ2n) is 4.85. The topological polar surface area (TPSA) is 55.8 Å². The Kier molecular flexibility index (Phi) is 3.59. The van der Waals surface area contributed by atoms with Gasteiger partial charge in [-0.15, -0.1) is 0 Å². The summed E-state index contributed by atoms with van der Waals surface area (Å²) in [5, 5.41) is 9.53. The van der Waals surface area contributed by atoms with E-state index in [9.17, 15) is 9.90 Å². The van der Waals surface area contributed by atoms with E-state index >= 15 is 0 Å². The lowest BCUT2D eigenvalue weighted by atomic mass is 9.86. The van der Waals surface area contributed by atoms with E-state index in [0.29, 0.717) is 5.75 Å². The number of carbonyl (C=O) groups is 1. The third-order valence-corrected chi connectivity index (χ3v) is 4.17. The molecule has 1 unspecified atom stereocenters. The molecular weight excluding hydrogens is 336 g/mol. The number of phenols is 1. The van der Waals surface area contributed by atoms with Crippen molar-refractivity contribution in [2.45, 2.75) is 12.3 Å². The lowest BCUT2D eigenvalue weighted by Gasteiger charge is -2.25. The molecule has 3 rings (SSSR count). The number of methoxy groups -OCH3 is 1. The van der Waals surface area contributed by atoms with Gasteiger partial charge in [-0.25, -0.2) is 0 Å². The number of hydrogen-bond donors (Lipinski definition) is 1. The summed E-state index contributed by atoms with van der Waals surface area (Å²) in [7, 11) is 1.61. The van der Waals surface area contributed by atoms with Crippen LogP contribution in [0.2, 0.25) is 0 Å². The first-order valence-corrected chi connectivity index (χ1v) is 7.25. The molecule has 0 radical (unpaired) electrons. The molecule has 0 fully saturated rings. The van der Waals surface area contributed by atoms with E-state index in [1.807, 2.05) is 18.2 Å². The second kappa shape index (κ2) is 5.41. The first-order valence-electron chi connectivity index (χ1n) is 6.45. The fourth-order valence-corrected chi connectivity index (χ4v) is 3.10. The number of hydrogen-bond acceptors (Lipinski definition) is 4. The van der Waals surface area contributed by atoms with Crippen LogP contribution in [0.5, 0.6) is 17.2 Å². The van der Waals surface area contributed by atoms with E-state index in [-0.39, 0.29) is 24.1 Å². The maximum absolute atomic E-state index is 11.8. The number of fused-ring (bicyclic) bond motifs is 1. The number of rotatable bonds is 2. The van der Waals surface area contributed by atoms with E-state index in [4.69, 9.17) is 9.47 Å². The number of carbonyl (C=O) groups excluding carboxylic acids is 1. The highest BCUT2D eigenvalue weighted by Gasteiger charge is 2.29. The standard InChI is InChI=1S/C16H13BrO4/c1-20-14-5-2-9(6-13(14)17)12-8-16(19)21-15-7-10(18)3-4-11(12)15/h2-7,12,18H,8H2,1H3. The Morgan fingerprint density at radius 1 is 1.29 bits per heavy atom. The summed E-state index contributed by atoms with van der Waals surface area (Å²) >= 11 is 3.46. The van der Waals surface area contributed by atoms with Crippen molar-refractivity contribution >= 4 is 21.9 Å². The third kappa shape index (κ3) is 2.61. The first kappa shape index (κ1) is 13.9. The van der Waals surface area contributed by atoms with E-state index in [0.717, 1.165) is 21.3 Å². The molecule has 0 amide bonds. The minimum absolute atomic E-state index is 0.0816. The summed E-state index contributed by atoms with van der Waals surface area (Å²) in [6.07, 6.45) is 0.274. The van der Waals surface area contributed by atoms with Crippen LogP contribution >= 0.6 is 15.9 Å². The predicted molar refractivity (Wildman–Crippen MR) is 80.9 cm³/mol. The highest BCUT2D eigenvalue weighted by atomic mass is 79.9. The zero-order chi connectivity index (χ0) is 15.0. The summed E-state index contributed by atoms with van der Waals surface area (Å²) < 4.78 is 11.3. The van der Waals surface area contributed by atoms with Gasteiger partial charge >= 0.3 is 5.97 Å². The molecule has 0 spiro atoms. The van der Waals surface area contributed by atoms with Gasteiger partial charge in [0.05, 0.1) is 18.0 Å². The molecule has 1 N–H and O–H groups in total. The normalized spacial score (nSPS) is 17.0. The van der Waals surface area contributed by atoms with Crippen LogP contribution in [0.1, 0.15) is 23.5 Å². The summed E-state index contributed by atoms with van der Waals surface area (Å²) in [6, 6.07) is 10.6. The molecule has 2 aromatic carbocycles. The molecule has 4 nitrogen and oxygen atoms in total. The fraction of sp³-hybridized carbons (Fsp3) is 0.188. The van der Waals surface area contributed by atoms with Crippen molar-refractivity contribution in [1.29, 1.82) is 0 Å². The van der Waals surface area contributed by atoms with E-state index in [2.05, 4.69) is 15.9 Å². The van der Waals surface area contributed by atoms with Crippen LogP contribution in [0.25, 0.3) is 0 Å². The molecule has 1 aliphatic rings. The molecule has 5 heteroatoms. The van der Waals surface area contributed by atoms with Gasteiger partial charge in [0.2, 0.25) is 0 Å². The van der Waals surface area contributed by atoms with Gasteiger partial charge in [0, 0.05) is 17.5 Å². The Morgan fingerprint density at radius 2 is 2.10 bits per heavy atom. The summed E-state index contributed by atoms with van der Waals surface area (Å²) in [5.74, 6) is 0.846. The smallest absolute Gasteiger partial charge is 0.312 e. The maximum atomic E-state index is 11.8. The monoisotopic (exact) mass is 348 g/mol. The second-order valence-corrected chi connectivity index (χ2v) is 5.70. The van der Waals surface area contributed by atoms with Gasteiger partial charge in [0.15, 0.2) is 0 Å². The van der Waals surface area contributed by atoms with Crippen LogP contribution in [0.4, 0.5) is 0 Å². The van der Waals surface area contributed by atoms with E-state index in [1.54, 1.807) is 19.2 Å². The number of ether oxygens (including phenoxy) is 2. The number of aromatic hydroxyl groups is 1. The lowest BCUT2D eigenvalue weighted by Crippen LogP contribution is -2.20. The van der Waals surface area contributed by atoms with Crippen molar-refractivity contribution in [3.05, 3.63) is 52.0 Å². The molecule has 1 heterocycles. The van der Waals surface area contributed by atoms with Crippen LogP contribution in [0.15, 0.2) is 40.9 Å². The zero-order valence-electron chi connectivity index (χ0n) is 11.3. The van der Waals surface area contributed by atoms with Crippen LogP contribution in [0.3, 0.4) is 0 Å². The first-order chi connectivity index (χ1) is 10.1. The summed E-state index contributed by atoms with van der Waals surface area (Å²) in [6.45, 7) is 0. The van der Waals surface area contributed by atoms with Crippen molar-refractivity contribution in [3.63, 3.8) is 0 Å². The summed E-state index contributed by atoms with van der Waals surface area (Å²) in [5.41, 5.74) is 1.88.